The summed E-state index contributed by atoms with van der Waals surface area (Å²) in [6, 6.07) is 0. The fourth-order valence-electron chi connectivity index (χ4n) is 1.55. The first-order chi connectivity index (χ1) is 7.42. The molecule has 1 aliphatic carbocycles. The topological polar surface area (TPSA) is 86.6 Å². The van der Waals surface area contributed by atoms with E-state index in [4.69, 9.17) is 5.11 Å². The molecule has 0 saturated heterocycles. The largest absolute Gasteiger partial charge is 0.479 e. The maximum absolute atomic E-state index is 11.3. The molecule has 0 spiro atoms. The highest BCUT2D eigenvalue weighted by Gasteiger charge is 2.30. The van der Waals surface area contributed by atoms with E-state index in [0.717, 1.165) is 6.42 Å². The van der Waals surface area contributed by atoms with Gasteiger partial charge in [0.05, 0.1) is 6.54 Å². The number of hydrogen-bond acceptors (Lipinski definition) is 3. The van der Waals surface area contributed by atoms with Crippen molar-refractivity contribution in [2.75, 3.05) is 6.54 Å². The zero-order valence-electron chi connectivity index (χ0n) is 9.53. The average molecular weight is 229 g/mol. The molecule has 1 atom stereocenters. The molecular formula is C11H19NO4. The number of carboxylic acids is 1. The summed E-state index contributed by atoms with van der Waals surface area (Å²) >= 11 is 0. The Labute approximate surface area is 94.8 Å². The lowest BCUT2D eigenvalue weighted by Crippen LogP contribution is -2.46. The van der Waals surface area contributed by atoms with E-state index in [1.165, 1.54) is 26.2 Å². The molecule has 5 heteroatoms. The van der Waals surface area contributed by atoms with Crippen LogP contribution in [-0.2, 0) is 9.59 Å². The fraction of sp³-hybridized carbons (Fsp3) is 0.818. The van der Waals surface area contributed by atoms with Gasteiger partial charge in [-0.3, -0.25) is 4.79 Å². The third-order valence-corrected chi connectivity index (χ3v) is 3.09. The Balaban J connectivity index is 2.16. The van der Waals surface area contributed by atoms with Crippen LogP contribution in [0, 0.1) is 5.92 Å². The zero-order chi connectivity index (χ0) is 12.2. The van der Waals surface area contributed by atoms with Crippen LogP contribution < -0.4 is 5.32 Å². The van der Waals surface area contributed by atoms with Crippen LogP contribution in [0.1, 0.15) is 39.0 Å². The molecule has 0 heterocycles. The van der Waals surface area contributed by atoms with E-state index >= 15 is 0 Å². The number of rotatable bonds is 6. The predicted octanol–water partition coefficient (Wildman–Crippen LogP) is 0.518. The summed E-state index contributed by atoms with van der Waals surface area (Å²) in [6.45, 7) is 0.924. The normalized spacial score (nSPS) is 19.6. The van der Waals surface area contributed by atoms with Gasteiger partial charge in [0.2, 0.25) is 5.91 Å². The minimum atomic E-state index is -1.88. The van der Waals surface area contributed by atoms with Gasteiger partial charge in [-0.15, -0.1) is 0 Å². The SMILES string of the molecule is CC(O)(CNC(=O)CCC1CCC1)C(=O)O. The van der Waals surface area contributed by atoms with Crippen LogP contribution in [0.25, 0.3) is 0 Å². The van der Waals surface area contributed by atoms with Gasteiger partial charge in [-0.25, -0.2) is 4.79 Å². The molecule has 0 aromatic carbocycles. The van der Waals surface area contributed by atoms with Crippen LogP contribution in [0.2, 0.25) is 0 Å². The van der Waals surface area contributed by atoms with Gasteiger partial charge >= 0.3 is 5.97 Å². The third-order valence-electron chi connectivity index (χ3n) is 3.09. The van der Waals surface area contributed by atoms with E-state index in [1.807, 2.05) is 0 Å². The highest BCUT2D eigenvalue weighted by molar-refractivity contribution is 5.80. The van der Waals surface area contributed by atoms with Gasteiger partial charge in [-0.2, -0.15) is 0 Å². The summed E-state index contributed by atoms with van der Waals surface area (Å²) in [6.07, 6.45) is 4.92. The van der Waals surface area contributed by atoms with Crippen molar-refractivity contribution in [2.24, 2.45) is 5.92 Å². The van der Waals surface area contributed by atoms with Crippen LogP contribution in [0.4, 0.5) is 0 Å². The van der Waals surface area contributed by atoms with E-state index in [-0.39, 0.29) is 12.5 Å². The predicted molar refractivity (Wildman–Crippen MR) is 57.8 cm³/mol. The second-order valence-electron chi connectivity index (χ2n) is 4.69. The Hall–Kier alpha value is -1.10. The highest BCUT2D eigenvalue weighted by Crippen LogP contribution is 2.30. The third kappa shape index (κ3) is 3.81. The molecule has 92 valence electrons. The van der Waals surface area contributed by atoms with Crippen molar-refractivity contribution < 1.29 is 19.8 Å². The minimum Gasteiger partial charge on any atom is -0.479 e. The van der Waals surface area contributed by atoms with E-state index in [1.54, 1.807) is 0 Å². The van der Waals surface area contributed by atoms with Crippen molar-refractivity contribution in [3.63, 3.8) is 0 Å². The molecule has 1 fully saturated rings. The first kappa shape index (κ1) is 13.0. The Morgan fingerprint density at radius 2 is 2.06 bits per heavy atom. The molecule has 0 radical (unpaired) electrons. The molecule has 1 unspecified atom stereocenters. The van der Waals surface area contributed by atoms with Crippen molar-refractivity contribution in [2.45, 2.75) is 44.6 Å². The van der Waals surface area contributed by atoms with Crippen molar-refractivity contribution in [3.8, 4) is 0 Å². The van der Waals surface area contributed by atoms with Gasteiger partial charge in [0.1, 0.15) is 0 Å². The van der Waals surface area contributed by atoms with Crippen molar-refractivity contribution in [1.29, 1.82) is 0 Å². The van der Waals surface area contributed by atoms with Crippen molar-refractivity contribution in [1.82, 2.24) is 5.32 Å². The maximum atomic E-state index is 11.3. The molecular weight excluding hydrogens is 210 g/mol. The fourth-order valence-corrected chi connectivity index (χ4v) is 1.55. The number of carbonyl (C=O) groups is 2. The van der Waals surface area contributed by atoms with Crippen LogP contribution in [0.5, 0.6) is 0 Å². The molecule has 1 aliphatic rings. The smallest absolute Gasteiger partial charge is 0.337 e. The summed E-state index contributed by atoms with van der Waals surface area (Å²) in [5.74, 6) is -0.856. The van der Waals surface area contributed by atoms with E-state index in [2.05, 4.69) is 5.32 Å². The van der Waals surface area contributed by atoms with Gasteiger partial charge in [-0.1, -0.05) is 19.3 Å². The first-order valence-electron chi connectivity index (χ1n) is 5.64. The molecule has 0 aliphatic heterocycles. The maximum Gasteiger partial charge on any atom is 0.337 e. The molecule has 3 N–H and O–H groups in total. The first-order valence-corrected chi connectivity index (χ1v) is 5.64. The van der Waals surface area contributed by atoms with Crippen LogP contribution in [0.15, 0.2) is 0 Å². The number of nitrogens with one attached hydrogen (secondary N) is 1. The number of hydrogen-bond donors (Lipinski definition) is 3. The van der Waals surface area contributed by atoms with Crippen molar-refractivity contribution in [3.05, 3.63) is 0 Å². The zero-order valence-corrected chi connectivity index (χ0v) is 9.53. The Morgan fingerprint density at radius 1 is 1.44 bits per heavy atom. The summed E-state index contributed by atoms with van der Waals surface area (Å²) in [4.78, 5) is 21.9. The summed E-state index contributed by atoms with van der Waals surface area (Å²) in [5, 5.41) is 20.4. The highest BCUT2D eigenvalue weighted by atomic mass is 16.4. The van der Waals surface area contributed by atoms with E-state index in [9.17, 15) is 14.7 Å². The van der Waals surface area contributed by atoms with Crippen LogP contribution in [-0.4, -0.2) is 34.2 Å². The number of carboxylic acid groups (broad SMARTS) is 1. The van der Waals surface area contributed by atoms with E-state index < -0.39 is 11.6 Å². The van der Waals surface area contributed by atoms with Gasteiger partial charge < -0.3 is 15.5 Å². The summed E-state index contributed by atoms with van der Waals surface area (Å²) in [7, 11) is 0. The van der Waals surface area contributed by atoms with Crippen LogP contribution in [0.3, 0.4) is 0 Å². The standard InChI is InChI=1S/C11H19NO4/c1-11(16,10(14)15)7-12-9(13)6-5-8-3-2-4-8/h8,16H,2-7H2,1H3,(H,12,13)(H,14,15). The van der Waals surface area contributed by atoms with Gasteiger partial charge in [0.15, 0.2) is 5.60 Å². The Kier molecular flexibility index (Phi) is 4.29. The number of aliphatic hydroxyl groups is 1. The summed E-state index contributed by atoms with van der Waals surface area (Å²) in [5.41, 5.74) is -1.88. The van der Waals surface area contributed by atoms with Gasteiger partial charge in [-0.05, 0) is 19.3 Å². The van der Waals surface area contributed by atoms with Crippen molar-refractivity contribution >= 4 is 11.9 Å². The van der Waals surface area contributed by atoms with Gasteiger partial charge in [0.25, 0.3) is 0 Å². The average Bonchev–Trinajstić information content (AvgIpc) is 2.12. The molecule has 0 aromatic rings. The Bertz CT molecular complexity index is 271. The molecule has 16 heavy (non-hydrogen) atoms. The molecule has 0 bridgehead atoms. The minimum absolute atomic E-state index is 0.187. The lowest BCUT2D eigenvalue weighted by Gasteiger charge is -2.25. The lowest BCUT2D eigenvalue weighted by atomic mass is 9.82. The molecule has 1 amide bonds. The Morgan fingerprint density at radius 3 is 2.50 bits per heavy atom. The summed E-state index contributed by atoms with van der Waals surface area (Å²) < 4.78 is 0. The number of carbonyl (C=O) groups excluding carboxylic acids is 1. The number of amides is 1. The van der Waals surface area contributed by atoms with E-state index in [0.29, 0.717) is 12.3 Å². The second kappa shape index (κ2) is 5.30. The van der Waals surface area contributed by atoms with Gasteiger partial charge in [0, 0.05) is 6.42 Å². The molecule has 0 aromatic heterocycles. The molecule has 1 saturated carbocycles. The number of aliphatic carboxylic acids is 1. The quantitative estimate of drug-likeness (QED) is 0.619. The van der Waals surface area contributed by atoms with Crippen LogP contribution >= 0.6 is 0 Å². The second-order valence-corrected chi connectivity index (χ2v) is 4.69. The molecule has 1 rings (SSSR count). The lowest BCUT2D eigenvalue weighted by molar-refractivity contribution is -0.156. The monoisotopic (exact) mass is 229 g/mol. The molecule has 5 nitrogen and oxygen atoms in total.